The van der Waals surface area contributed by atoms with Gasteiger partial charge in [-0.25, -0.2) is 0 Å². The fourth-order valence-corrected chi connectivity index (χ4v) is 3.19. The second kappa shape index (κ2) is 5.96. The zero-order chi connectivity index (χ0) is 16.7. The molecule has 0 saturated heterocycles. The third kappa shape index (κ3) is 2.85. The van der Waals surface area contributed by atoms with Crippen LogP contribution in [0.4, 0.5) is 0 Å². The van der Waals surface area contributed by atoms with E-state index in [-0.39, 0.29) is 11.9 Å². The molecule has 122 valence electrons. The molecule has 1 atom stereocenters. The van der Waals surface area contributed by atoms with E-state index in [0.29, 0.717) is 29.6 Å². The Bertz CT molecular complexity index is 753. The van der Waals surface area contributed by atoms with Gasteiger partial charge in [-0.2, -0.15) is 0 Å². The van der Waals surface area contributed by atoms with Crippen molar-refractivity contribution in [2.24, 2.45) is 0 Å². The van der Waals surface area contributed by atoms with Crippen molar-refractivity contribution >= 4 is 17.5 Å². The predicted molar refractivity (Wildman–Crippen MR) is 89.8 cm³/mol. The van der Waals surface area contributed by atoms with Crippen LogP contribution in [0, 0.1) is 6.92 Å². The highest BCUT2D eigenvalue weighted by Gasteiger charge is 2.30. The second-order valence-corrected chi connectivity index (χ2v) is 6.90. The summed E-state index contributed by atoms with van der Waals surface area (Å²) < 4.78 is 2.17. The SMILES string of the molecule is Cc1cc(C(=O)N2Cc3nnc(C(C)C)n3[C@@H](C)C2)ccc1Cl. The van der Waals surface area contributed by atoms with E-state index in [0.717, 1.165) is 17.2 Å². The van der Waals surface area contributed by atoms with Crippen LogP contribution in [-0.2, 0) is 6.54 Å². The van der Waals surface area contributed by atoms with Gasteiger partial charge < -0.3 is 9.47 Å². The zero-order valence-electron chi connectivity index (χ0n) is 13.9. The van der Waals surface area contributed by atoms with Gasteiger partial charge in [0.1, 0.15) is 5.82 Å². The van der Waals surface area contributed by atoms with Gasteiger partial charge in [0, 0.05) is 23.0 Å². The Morgan fingerprint density at radius 3 is 2.74 bits per heavy atom. The quantitative estimate of drug-likeness (QED) is 0.844. The largest absolute Gasteiger partial charge is 0.329 e. The summed E-state index contributed by atoms with van der Waals surface area (Å²) in [4.78, 5) is 14.6. The van der Waals surface area contributed by atoms with Crippen LogP contribution in [0.3, 0.4) is 0 Å². The molecule has 23 heavy (non-hydrogen) atoms. The average Bonchev–Trinajstić information content (AvgIpc) is 2.94. The molecule has 1 aromatic carbocycles. The number of aryl methyl sites for hydroxylation is 1. The molecule has 2 heterocycles. The number of carbonyl (C=O) groups excluding carboxylic acids is 1. The first-order chi connectivity index (χ1) is 10.9. The van der Waals surface area contributed by atoms with E-state index >= 15 is 0 Å². The summed E-state index contributed by atoms with van der Waals surface area (Å²) in [6, 6.07) is 5.57. The molecular weight excluding hydrogens is 312 g/mol. The van der Waals surface area contributed by atoms with Gasteiger partial charge in [0.2, 0.25) is 0 Å². The summed E-state index contributed by atoms with van der Waals surface area (Å²) in [6.45, 7) is 9.38. The van der Waals surface area contributed by atoms with Gasteiger partial charge in [-0.1, -0.05) is 25.4 Å². The van der Waals surface area contributed by atoms with Crippen LogP contribution >= 0.6 is 11.6 Å². The van der Waals surface area contributed by atoms with Crippen LogP contribution in [-0.4, -0.2) is 32.1 Å². The second-order valence-electron chi connectivity index (χ2n) is 6.50. The maximum atomic E-state index is 12.8. The Balaban J connectivity index is 1.88. The lowest BCUT2D eigenvalue weighted by Gasteiger charge is -2.33. The Morgan fingerprint density at radius 2 is 2.09 bits per heavy atom. The number of amides is 1. The van der Waals surface area contributed by atoms with Crippen LogP contribution in [0.1, 0.15) is 60.3 Å². The Kier molecular flexibility index (Phi) is 4.15. The highest BCUT2D eigenvalue weighted by atomic mass is 35.5. The highest BCUT2D eigenvalue weighted by molar-refractivity contribution is 6.31. The van der Waals surface area contributed by atoms with Crippen molar-refractivity contribution in [1.29, 1.82) is 0 Å². The molecular formula is C17H21ClN4O. The molecule has 0 spiro atoms. The first-order valence-corrected chi connectivity index (χ1v) is 8.25. The van der Waals surface area contributed by atoms with Crippen LogP contribution in [0.5, 0.6) is 0 Å². The predicted octanol–water partition coefficient (Wildman–Crippen LogP) is 3.58. The van der Waals surface area contributed by atoms with Crippen molar-refractivity contribution in [3.8, 4) is 0 Å². The van der Waals surface area contributed by atoms with Gasteiger partial charge in [-0.3, -0.25) is 4.79 Å². The lowest BCUT2D eigenvalue weighted by Crippen LogP contribution is -2.40. The Hall–Kier alpha value is -1.88. The van der Waals surface area contributed by atoms with Gasteiger partial charge in [-0.05, 0) is 37.6 Å². The molecule has 0 radical (unpaired) electrons. The molecule has 1 aromatic heterocycles. The van der Waals surface area contributed by atoms with Crippen molar-refractivity contribution in [1.82, 2.24) is 19.7 Å². The number of nitrogens with zero attached hydrogens (tertiary/aromatic N) is 4. The monoisotopic (exact) mass is 332 g/mol. The number of carbonyl (C=O) groups is 1. The van der Waals surface area contributed by atoms with Crippen molar-refractivity contribution in [2.45, 2.75) is 46.2 Å². The van der Waals surface area contributed by atoms with Gasteiger partial charge in [-0.15, -0.1) is 10.2 Å². The molecule has 5 nitrogen and oxygen atoms in total. The molecule has 2 aromatic rings. The first kappa shape index (κ1) is 16.0. The maximum absolute atomic E-state index is 12.8. The summed E-state index contributed by atoms with van der Waals surface area (Å²) in [5.74, 6) is 2.17. The lowest BCUT2D eigenvalue weighted by molar-refractivity contribution is 0.0679. The molecule has 0 saturated carbocycles. The van der Waals surface area contributed by atoms with Gasteiger partial charge in [0.25, 0.3) is 5.91 Å². The number of benzene rings is 1. The van der Waals surface area contributed by atoms with E-state index in [9.17, 15) is 4.79 Å². The van der Waals surface area contributed by atoms with Crippen molar-refractivity contribution in [3.63, 3.8) is 0 Å². The third-order valence-corrected chi connectivity index (χ3v) is 4.68. The summed E-state index contributed by atoms with van der Waals surface area (Å²) in [5.41, 5.74) is 1.57. The zero-order valence-corrected chi connectivity index (χ0v) is 14.6. The first-order valence-electron chi connectivity index (χ1n) is 7.87. The van der Waals surface area contributed by atoms with Crippen LogP contribution in [0.2, 0.25) is 5.02 Å². The summed E-state index contributed by atoms with van der Waals surface area (Å²) in [6.07, 6.45) is 0. The maximum Gasteiger partial charge on any atom is 0.254 e. The van der Waals surface area contributed by atoms with Crippen LogP contribution in [0.15, 0.2) is 18.2 Å². The van der Waals surface area contributed by atoms with Crippen molar-refractivity contribution in [3.05, 3.63) is 46.0 Å². The number of halogens is 1. The van der Waals surface area contributed by atoms with E-state index in [1.54, 1.807) is 12.1 Å². The minimum atomic E-state index is 0.0111. The lowest BCUT2D eigenvalue weighted by atomic mass is 10.1. The number of aromatic nitrogens is 3. The third-order valence-electron chi connectivity index (χ3n) is 4.26. The summed E-state index contributed by atoms with van der Waals surface area (Å²) >= 11 is 6.05. The Morgan fingerprint density at radius 1 is 1.35 bits per heavy atom. The molecule has 0 bridgehead atoms. The standard InChI is InChI=1S/C17H21ClN4O/c1-10(2)16-20-19-15-9-21(8-12(4)22(15)16)17(23)13-5-6-14(18)11(3)7-13/h5-7,10,12H,8-9H2,1-4H3/t12-/m0/s1. The number of rotatable bonds is 2. The number of hydrogen-bond donors (Lipinski definition) is 0. The normalized spacial score (nSPS) is 17.5. The molecule has 6 heteroatoms. The molecule has 0 aliphatic carbocycles. The molecule has 1 amide bonds. The minimum Gasteiger partial charge on any atom is -0.329 e. The Labute approximate surface area is 141 Å². The van der Waals surface area contributed by atoms with E-state index in [1.807, 2.05) is 17.9 Å². The van der Waals surface area contributed by atoms with Crippen molar-refractivity contribution in [2.75, 3.05) is 6.54 Å². The molecule has 1 aliphatic rings. The van der Waals surface area contributed by atoms with Gasteiger partial charge in [0.05, 0.1) is 12.6 Å². The smallest absolute Gasteiger partial charge is 0.254 e. The summed E-state index contributed by atoms with van der Waals surface area (Å²) in [7, 11) is 0. The van der Waals surface area contributed by atoms with E-state index in [2.05, 4.69) is 35.5 Å². The average molecular weight is 333 g/mol. The van der Waals surface area contributed by atoms with Crippen LogP contribution in [0.25, 0.3) is 0 Å². The fraction of sp³-hybridized carbons (Fsp3) is 0.471. The van der Waals surface area contributed by atoms with Gasteiger partial charge in [0.15, 0.2) is 5.82 Å². The molecule has 1 aliphatic heterocycles. The molecule has 3 rings (SSSR count). The van der Waals surface area contributed by atoms with E-state index in [1.165, 1.54) is 0 Å². The number of fused-ring (bicyclic) bond motifs is 1. The minimum absolute atomic E-state index is 0.0111. The number of hydrogen-bond acceptors (Lipinski definition) is 3. The van der Waals surface area contributed by atoms with E-state index in [4.69, 9.17) is 11.6 Å². The molecule has 0 unspecified atom stereocenters. The van der Waals surface area contributed by atoms with Crippen LogP contribution < -0.4 is 0 Å². The molecule has 0 N–H and O–H groups in total. The summed E-state index contributed by atoms with van der Waals surface area (Å²) in [5, 5.41) is 9.26. The highest BCUT2D eigenvalue weighted by Crippen LogP contribution is 2.26. The fourth-order valence-electron chi connectivity index (χ4n) is 3.07. The topological polar surface area (TPSA) is 51.0 Å². The van der Waals surface area contributed by atoms with Crippen molar-refractivity contribution < 1.29 is 4.79 Å². The van der Waals surface area contributed by atoms with E-state index < -0.39 is 0 Å². The molecule has 0 fully saturated rings. The van der Waals surface area contributed by atoms with Gasteiger partial charge >= 0.3 is 0 Å².